The van der Waals surface area contributed by atoms with Gasteiger partial charge in [0.25, 0.3) is 0 Å². The molecule has 0 unspecified atom stereocenters. The Morgan fingerprint density at radius 2 is 2.09 bits per heavy atom. The Labute approximate surface area is 138 Å². The molecular formula is C16H17N5OS. The molecule has 6 nitrogen and oxygen atoms in total. The van der Waals surface area contributed by atoms with Crippen molar-refractivity contribution < 1.29 is 4.52 Å². The van der Waals surface area contributed by atoms with E-state index in [2.05, 4.69) is 24.9 Å². The van der Waals surface area contributed by atoms with Crippen LogP contribution in [0, 0.1) is 6.92 Å². The van der Waals surface area contributed by atoms with Crippen LogP contribution in [0.4, 0.5) is 0 Å². The zero-order valence-electron chi connectivity index (χ0n) is 13.1. The van der Waals surface area contributed by atoms with Crippen LogP contribution >= 0.6 is 11.8 Å². The largest absolute Gasteiger partial charge is 0.338 e. The van der Waals surface area contributed by atoms with Gasteiger partial charge in [0.2, 0.25) is 11.7 Å². The number of rotatable bonds is 5. The maximum absolute atomic E-state index is 5.36. The van der Waals surface area contributed by atoms with Crippen LogP contribution in [0.3, 0.4) is 0 Å². The average Bonchev–Trinajstić information content (AvgIpc) is 3.17. The van der Waals surface area contributed by atoms with E-state index in [0.29, 0.717) is 23.4 Å². The molecule has 0 bridgehead atoms. The molecule has 0 N–H and O–H groups in total. The molecule has 0 atom stereocenters. The predicted molar refractivity (Wildman–Crippen MR) is 87.0 cm³/mol. The van der Waals surface area contributed by atoms with Crippen LogP contribution in [0.5, 0.6) is 0 Å². The summed E-state index contributed by atoms with van der Waals surface area (Å²) in [5.41, 5.74) is 2.14. The molecule has 118 valence electrons. The molecule has 1 aliphatic carbocycles. The number of hydrogen-bond donors (Lipinski definition) is 0. The van der Waals surface area contributed by atoms with Crippen LogP contribution in [-0.4, -0.2) is 24.9 Å². The maximum Gasteiger partial charge on any atom is 0.237 e. The smallest absolute Gasteiger partial charge is 0.237 e. The van der Waals surface area contributed by atoms with Crippen LogP contribution in [0.2, 0.25) is 0 Å². The van der Waals surface area contributed by atoms with Crippen molar-refractivity contribution >= 4 is 11.8 Å². The summed E-state index contributed by atoms with van der Waals surface area (Å²) < 4.78 is 7.43. The maximum atomic E-state index is 5.36. The first-order valence-electron chi connectivity index (χ1n) is 7.63. The van der Waals surface area contributed by atoms with Crippen molar-refractivity contribution in [2.24, 2.45) is 7.05 Å². The van der Waals surface area contributed by atoms with Crippen LogP contribution in [0.15, 0.2) is 33.9 Å². The normalized spacial score (nSPS) is 14.3. The van der Waals surface area contributed by atoms with Crippen LogP contribution < -0.4 is 0 Å². The van der Waals surface area contributed by atoms with Gasteiger partial charge in [0.15, 0.2) is 5.16 Å². The summed E-state index contributed by atoms with van der Waals surface area (Å²) >= 11 is 1.57. The lowest BCUT2D eigenvalue weighted by Crippen LogP contribution is -1.97. The highest BCUT2D eigenvalue weighted by Gasteiger charge is 2.29. The van der Waals surface area contributed by atoms with E-state index in [0.717, 1.165) is 22.1 Å². The van der Waals surface area contributed by atoms with Crippen molar-refractivity contribution in [2.45, 2.75) is 36.6 Å². The molecule has 2 heterocycles. The number of aromatic nitrogens is 5. The third-order valence-corrected chi connectivity index (χ3v) is 4.99. The molecular weight excluding hydrogens is 310 g/mol. The quantitative estimate of drug-likeness (QED) is 0.669. The van der Waals surface area contributed by atoms with E-state index in [4.69, 9.17) is 4.52 Å². The first kappa shape index (κ1) is 14.4. The van der Waals surface area contributed by atoms with Gasteiger partial charge in [-0.05, 0) is 25.3 Å². The fourth-order valence-electron chi connectivity index (χ4n) is 2.52. The predicted octanol–water partition coefficient (Wildman–Crippen LogP) is 3.34. The van der Waals surface area contributed by atoms with Gasteiger partial charge in [-0.25, -0.2) is 0 Å². The number of aryl methyl sites for hydroxylation is 1. The van der Waals surface area contributed by atoms with Gasteiger partial charge in [-0.2, -0.15) is 4.98 Å². The summed E-state index contributed by atoms with van der Waals surface area (Å²) in [6.07, 6.45) is 2.44. The van der Waals surface area contributed by atoms with Gasteiger partial charge in [-0.15, -0.1) is 10.2 Å². The van der Waals surface area contributed by atoms with Gasteiger partial charge >= 0.3 is 0 Å². The first-order valence-corrected chi connectivity index (χ1v) is 8.61. The summed E-state index contributed by atoms with van der Waals surface area (Å²) in [7, 11) is 2.02. The number of hydrogen-bond acceptors (Lipinski definition) is 6. The van der Waals surface area contributed by atoms with E-state index in [-0.39, 0.29) is 0 Å². The molecule has 0 spiro atoms. The molecule has 0 aliphatic heterocycles. The van der Waals surface area contributed by atoms with Gasteiger partial charge in [-0.1, -0.05) is 41.2 Å². The van der Waals surface area contributed by atoms with Crippen LogP contribution in [0.25, 0.3) is 11.4 Å². The highest BCUT2D eigenvalue weighted by molar-refractivity contribution is 7.98. The van der Waals surface area contributed by atoms with Crippen LogP contribution in [0.1, 0.15) is 36.0 Å². The Morgan fingerprint density at radius 1 is 1.26 bits per heavy atom. The molecule has 1 fully saturated rings. The Hall–Kier alpha value is -2.15. The van der Waals surface area contributed by atoms with E-state index < -0.39 is 0 Å². The molecule has 0 radical (unpaired) electrons. The second kappa shape index (κ2) is 5.81. The van der Waals surface area contributed by atoms with Crippen molar-refractivity contribution in [2.75, 3.05) is 0 Å². The second-order valence-corrected chi connectivity index (χ2v) is 6.73. The molecule has 23 heavy (non-hydrogen) atoms. The summed E-state index contributed by atoms with van der Waals surface area (Å²) in [6.45, 7) is 2.04. The minimum Gasteiger partial charge on any atom is -0.338 e. The topological polar surface area (TPSA) is 69.6 Å². The van der Waals surface area contributed by atoms with E-state index in [1.807, 2.05) is 38.2 Å². The van der Waals surface area contributed by atoms with Crippen molar-refractivity contribution in [3.05, 3.63) is 41.5 Å². The minimum absolute atomic E-state index is 0.593. The van der Waals surface area contributed by atoms with Crippen molar-refractivity contribution in [3.63, 3.8) is 0 Å². The molecule has 0 amide bonds. The Balaban J connectivity index is 1.47. The highest BCUT2D eigenvalue weighted by Crippen LogP contribution is 2.39. The molecule has 1 aromatic carbocycles. The van der Waals surface area contributed by atoms with E-state index >= 15 is 0 Å². The zero-order chi connectivity index (χ0) is 15.8. The third-order valence-electron chi connectivity index (χ3n) is 3.99. The third kappa shape index (κ3) is 2.88. The zero-order valence-corrected chi connectivity index (χ0v) is 13.9. The Kier molecular flexibility index (Phi) is 3.65. The lowest BCUT2D eigenvalue weighted by molar-refractivity contribution is 0.391. The molecule has 4 rings (SSSR count). The summed E-state index contributed by atoms with van der Waals surface area (Å²) in [4.78, 5) is 4.48. The first-order chi connectivity index (χ1) is 11.2. The molecule has 0 saturated heterocycles. The second-order valence-electron chi connectivity index (χ2n) is 5.79. The summed E-state index contributed by atoms with van der Waals surface area (Å²) in [5.74, 6) is 3.51. The lowest BCUT2D eigenvalue weighted by atomic mass is 10.1. The van der Waals surface area contributed by atoms with Gasteiger partial charge in [0.1, 0.15) is 5.82 Å². The summed E-state index contributed by atoms with van der Waals surface area (Å²) in [5, 5.41) is 13.5. The number of thioether (sulfide) groups is 1. The van der Waals surface area contributed by atoms with Gasteiger partial charge in [-0.3, -0.25) is 0 Å². The van der Waals surface area contributed by atoms with E-state index in [1.54, 1.807) is 11.8 Å². The average molecular weight is 327 g/mol. The van der Waals surface area contributed by atoms with E-state index in [1.165, 1.54) is 12.8 Å². The SMILES string of the molecule is Cc1ccccc1-c1noc(CSc2nnc(C3CC3)n2C)n1. The van der Waals surface area contributed by atoms with Gasteiger partial charge in [0, 0.05) is 18.5 Å². The van der Waals surface area contributed by atoms with Crippen molar-refractivity contribution in [3.8, 4) is 11.4 Å². The molecule has 1 aliphatic rings. The van der Waals surface area contributed by atoms with Gasteiger partial charge in [0.05, 0.1) is 5.75 Å². The van der Waals surface area contributed by atoms with E-state index in [9.17, 15) is 0 Å². The number of benzene rings is 1. The van der Waals surface area contributed by atoms with Gasteiger partial charge < -0.3 is 9.09 Å². The minimum atomic E-state index is 0.593. The number of nitrogens with zero attached hydrogens (tertiary/aromatic N) is 5. The summed E-state index contributed by atoms with van der Waals surface area (Å²) in [6, 6.07) is 8.02. The molecule has 7 heteroatoms. The molecule has 2 aromatic heterocycles. The Morgan fingerprint density at radius 3 is 2.87 bits per heavy atom. The molecule has 3 aromatic rings. The van der Waals surface area contributed by atoms with Crippen molar-refractivity contribution in [1.29, 1.82) is 0 Å². The standard InChI is InChI=1S/C16H17N5OS/c1-10-5-3-4-6-12(10)14-17-13(22-20-14)9-23-16-19-18-15(21(16)2)11-7-8-11/h3-6,11H,7-9H2,1-2H3. The lowest BCUT2D eigenvalue weighted by Gasteiger charge is -2.00. The Bertz CT molecular complexity index is 837. The highest BCUT2D eigenvalue weighted by atomic mass is 32.2. The van der Waals surface area contributed by atoms with Crippen molar-refractivity contribution in [1.82, 2.24) is 24.9 Å². The fraction of sp³-hybridized carbons (Fsp3) is 0.375. The van der Waals surface area contributed by atoms with Crippen LogP contribution in [-0.2, 0) is 12.8 Å². The monoisotopic (exact) mass is 327 g/mol. The fourth-order valence-corrected chi connectivity index (χ4v) is 3.28. The molecule has 1 saturated carbocycles.